The summed E-state index contributed by atoms with van der Waals surface area (Å²) in [6.07, 6.45) is 5.68. The van der Waals surface area contributed by atoms with Crippen LogP contribution in [0.3, 0.4) is 0 Å². The van der Waals surface area contributed by atoms with Gasteiger partial charge in [0.2, 0.25) is 0 Å². The van der Waals surface area contributed by atoms with Gasteiger partial charge in [-0.3, -0.25) is 15.2 Å². The predicted octanol–water partition coefficient (Wildman–Crippen LogP) is 11.9. The third kappa shape index (κ3) is 11.1. The van der Waals surface area contributed by atoms with Gasteiger partial charge in [0.05, 0.1) is 35.4 Å². The van der Waals surface area contributed by atoms with Crippen LogP contribution in [-0.4, -0.2) is 120 Å². The molecule has 5 heterocycles. The Morgan fingerprint density at radius 2 is 1.56 bits per heavy atom. The van der Waals surface area contributed by atoms with E-state index in [-0.39, 0.29) is 68.6 Å². The van der Waals surface area contributed by atoms with Gasteiger partial charge in [-0.05, 0) is 107 Å². The van der Waals surface area contributed by atoms with Gasteiger partial charge >= 0.3 is 18.2 Å². The Kier molecular flexibility index (Phi) is 14.9. The number of nitrogens with zero attached hydrogens (tertiary/aromatic N) is 7. The zero-order valence-electron chi connectivity index (χ0n) is 44.6. The van der Waals surface area contributed by atoms with Crippen molar-refractivity contribution in [2.45, 2.75) is 162 Å². The Morgan fingerprint density at radius 3 is 2.14 bits per heavy atom. The lowest BCUT2D eigenvalue weighted by Crippen LogP contribution is -2.57. The second kappa shape index (κ2) is 20.4. The Hall–Kier alpha value is -5.60. The fraction of sp³-hybridized carbons (Fsp3) is 0.600. The molecule has 2 atom stereocenters. The number of carbonyl (C=O) groups excluding carboxylic acids is 2. The molecule has 388 valence electrons. The number of piperazine rings is 1. The minimum atomic E-state index is -2.38. The third-order valence-electron chi connectivity index (χ3n) is 14.9. The van der Waals surface area contributed by atoms with Gasteiger partial charge in [-0.2, -0.15) is 9.97 Å². The monoisotopic (exact) mass is 1010 g/mol. The van der Waals surface area contributed by atoms with Crippen LogP contribution in [0.5, 0.6) is 6.01 Å². The lowest BCUT2D eigenvalue weighted by Gasteiger charge is -2.42. The van der Waals surface area contributed by atoms with Gasteiger partial charge in [-0.15, -0.1) is 5.54 Å². The fourth-order valence-corrected chi connectivity index (χ4v) is 16.7. The number of hydrogen-bond donors (Lipinski definition) is 1. The van der Waals surface area contributed by atoms with Crippen LogP contribution >= 0.6 is 0 Å². The van der Waals surface area contributed by atoms with E-state index >= 15 is 8.78 Å². The number of pyridine rings is 1. The fourth-order valence-electron chi connectivity index (χ4n) is 11.5. The summed E-state index contributed by atoms with van der Waals surface area (Å²) in [7, 11) is -0.804. The van der Waals surface area contributed by atoms with Crippen molar-refractivity contribution in [2.24, 2.45) is 10.6 Å². The van der Waals surface area contributed by atoms with E-state index < -0.39 is 37.0 Å². The van der Waals surface area contributed by atoms with E-state index in [1.807, 2.05) is 25.7 Å². The van der Waals surface area contributed by atoms with E-state index in [2.05, 4.69) is 73.3 Å². The Morgan fingerprint density at radius 1 is 0.917 bits per heavy atom. The highest BCUT2D eigenvalue weighted by Crippen LogP contribution is 2.48. The quantitative estimate of drug-likeness (QED) is 0.0823. The molecule has 14 nitrogen and oxygen atoms in total. The number of amides is 2. The topological polar surface area (TPSA) is 144 Å². The van der Waals surface area contributed by atoms with Crippen LogP contribution in [0.2, 0.25) is 16.6 Å². The van der Waals surface area contributed by atoms with Crippen molar-refractivity contribution in [2.75, 3.05) is 56.7 Å². The minimum Gasteiger partial charge on any atom is -0.463 e. The molecule has 2 unspecified atom stereocenters. The highest BCUT2D eigenvalue weighted by atomic mass is 28.3. The lowest BCUT2D eigenvalue weighted by atomic mass is 9.95. The van der Waals surface area contributed by atoms with Crippen LogP contribution in [-0.2, 0) is 14.3 Å². The number of rotatable bonds is 12. The van der Waals surface area contributed by atoms with Crippen molar-refractivity contribution < 1.29 is 37.4 Å². The molecule has 1 aliphatic carbocycles. The molecule has 4 aromatic rings. The summed E-state index contributed by atoms with van der Waals surface area (Å²) in [6.45, 7) is 27.8. The molecular formula is C55H74F2N8O6Si. The highest BCUT2D eigenvalue weighted by Gasteiger charge is 2.47. The number of halogens is 2. The molecule has 17 heteroatoms. The number of fused-ring (bicyclic) bond motifs is 4. The molecule has 72 heavy (non-hydrogen) atoms. The number of likely N-dealkylation sites (tertiary alicyclic amines) is 1. The second-order valence-electron chi connectivity index (χ2n) is 23.4. The first-order valence-corrected chi connectivity index (χ1v) is 28.0. The molecule has 2 bridgehead atoms. The van der Waals surface area contributed by atoms with E-state index in [9.17, 15) is 9.59 Å². The van der Waals surface area contributed by atoms with Gasteiger partial charge in [-0.1, -0.05) is 58.7 Å². The van der Waals surface area contributed by atoms with E-state index in [4.69, 9.17) is 34.0 Å². The number of aromatic nitrogens is 3. The molecule has 3 saturated heterocycles. The van der Waals surface area contributed by atoms with E-state index in [1.54, 1.807) is 52.3 Å². The van der Waals surface area contributed by atoms with Gasteiger partial charge < -0.3 is 28.8 Å². The van der Waals surface area contributed by atoms with Crippen LogP contribution in [0.4, 0.5) is 29.9 Å². The molecule has 8 rings (SSSR count). The maximum atomic E-state index is 18.2. The zero-order chi connectivity index (χ0) is 52.1. The molecular weight excluding hydrogens is 935 g/mol. The van der Waals surface area contributed by atoms with Crippen molar-refractivity contribution in [3.05, 3.63) is 47.7 Å². The normalized spacial score (nSPS) is 19.2. The summed E-state index contributed by atoms with van der Waals surface area (Å²) in [5.41, 5.74) is 4.50. The molecule has 1 N–H and O–H groups in total. The van der Waals surface area contributed by atoms with Crippen molar-refractivity contribution in [3.8, 4) is 28.7 Å². The first-order valence-electron chi connectivity index (χ1n) is 25.8. The number of anilines is 2. The van der Waals surface area contributed by atoms with Crippen LogP contribution in [0.15, 0.2) is 35.6 Å². The Bertz CT molecular complexity index is 2760. The molecule has 2 amide bonds. The summed E-state index contributed by atoms with van der Waals surface area (Å²) < 4.78 is 52.8. The maximum Gasteiger partial charge on any atom is 0.412 e. The van der Waals surface area contributed by atoms with Crippen LogP contribution < -0.4 is 15.0 Å². The summed E-state index contributed by atoms with van der Waals surface area (Å²) in [4.78, 5) is 52.9. The van der Waals surface area contributed by atoms with Crippen LogP contribution in [0, 0.1) is 28.5 Å². The van der Waals surface area contributed by atoms with Crippen molar-refractivity contribution in [3.63, 3.8) is 0 Å². The third-order valence-corrected chi connectivity index (χ3v) is 21.2. The maximum absolute atomic E-state index is 18.2. The first kappa shape index (κ1) is 52.7. The summed E-state index contributed by atoms with van der Waals surface area (Å²) >= 11 is 0. The minimum absolute atomic E-state index is 0.0232. The number of hydrogen-bond acceptors (Lipinski definition) is 12. The summed E-state index contributed by atoms with van der Waals surface area (Å²) in [5, 5.41) is 8.24. The molecule has 3 aliphatic heterocycles. The lowest BCUT2D eigenvalue weighted by molar-refractivity contribution is 0.0122. The van der Waals surface area contributed by atoms with Crippen molar-refractivity contribution in [1.29, 1.82) is 0 Å². The molecule has 4 aliphatic rings. The summed E-state index contributed by atoms with van der Waals surface area (Å²) in [5.74, 6) is 2.47. The SMILES string of the molecule is CON=C1CCN(CC2(COc3nc(N4CC5CCC(C4)N5C(=O)OC(C)(C)C)c4cnc(-c5cc(NC(=O)OC(C)(C)C)cc6ccc(F)c(C#C[Si](C(C)C)(C(C)C)C(C)C)c56)c(F)c4n3)CC2)CC1. The number of nitrogens with one attached hydrogen (secondary N) is 1. The van der Waals surface area contributed by atoms with E-state index in [0.29, 0.717) is 47.4 Å². The molecule has 2 aromatic carbocycles. The first-order chi connectivity index (χ1) is 33.9. The highest BCUT2D eigenvalue weighted by molar-refractivity contribution is 6.90. The van der Waals surface area contributed by atoms with Gasteiger partial charge in [0, 0.05) is 73.8 Å². The van der Waals surface area contributed by atoms with Crippen LogP contribution in [0.25, 0.3) is 32.9 Å². The zero-order valence-corrected chi connectivity index (χ0v) is 45.6. The average Bonchev–Trinajstić information content (AvgIpc) is 4.00. The molecule has 2 aromatic heterocycles. The number of piperidine rings is 1. The molecule has 0 spiro atoms. The van der Waals surface area contributed by atoms with E-state index in [1.165, 1.54) is 6.07 Å². The molecule has 4 fully saturated rings. The van der Waals surface area contributed by atoms with E-state index in [0.717, 1.165) is 63.9 Å². The Balaban J connectivity index is 1.26. The van der Waals surface area contributed by atoms with Gasteiger partial charge in [0.25, 0.3) is 0 Å². The number of carbonyl (C=O) groups is 2. The Labute approximate surface area is 425 Å². The average molecular weight is 1010 g/mol. The number of oxime groups is 1. The number of benzene rings is 2. The largest absolute Gasteiger partial charge is 0.463 e. The molecule has 1 saturated carbocycles. The predicted molar refractivity (Wildman–Crippen MR) is 282 cm³/mol. The second-order valence-corrected chi connectivity index (χ2v) is 29.0. The van der Waals surface area contributed by atoms with Gasteiger partial charge in [-0.25, -0.2) is 18.4 Å². The van der Waals surface area contributed by atoms with Gasteiger partial charge in [0.15, 0.2) is 5.82 Å². The van der Waals surface area contributed by atoms with Crippen molar-refractivity contribution in [1.82, 2.24) is 24.8 Å². The molecule has 0 radical (unpaired) electrons. The summed E-state index contributed by atoms with van der Waals surface area (Å²) in [6, 6.07) is 5.98. The standard InChI is InChI=1S/C55H74F2N8O6Si/c1-33(2)72(34(3)4,35(5)6)25-20-41-44(56)17-14-36-26-38(59-51(66)70-53(7,8)9)27-42(45(36)41)47-46(57)48-43(28-58-47)49(64-29-39-15-16-40(30-64)65(39)52(67)71-54(10,11)12)61-50(60-48)69-32-55(21-22-55)31-63-23-18-37(19-24-63)62-68-13/h14,17,26-28,33-35,39-40H,15-16,18-19,21-24,29-32H2,1-13H3,(H,59,66). The van der Waals surface area contributed by atoms with Gasteiger partial charge in [0.1, 0.15) is 49.2 Å². The number of ether oxygens (including phenoxy) is 3. The van der Waals surface area contributed by atoms with Crippen molar-refractivity contribution >= 4 is 59.2 Å². The van der Waals surface area contributed by atoms with Crippen LogP contribution in [0.1, 0.15) is 127 Å². The smallest absolute Gasteiger partial charge is 0.412 e.